The number of hydrogen-bond donors (Lipinski definition) is 1. The Labute approximate surface area is 95.5 Å². The number of aliphatic hydroxyl groups is 1. The zero-order valence-corrected chi connectivity index (χ0v) is 10.0. The summed E-state index contributed by atoms with van der Waals surface area (Å²) in [4.78, 5) is 3.98. The first kappa shape index (κ1) is 11.1. The van der Waals surface area contributed by atoms with Gasteiger partial charge in [0.15, 0.2) is 0 Å². The first-order valence-corrected chi connectivity index (χ1v) is 6.57. The highest BCUT2D eigenvalue weighted by atomic mass is 32.1. The molecule has 84 valence electrons. The predicted octanol–water partition coefficient (Wildman–Crippen LogP) is 2.51. The second-order valence-corrected chi connectivity index (χ2v) is 5.33. The first-order chi connectivity index (χ1) is 7.31. The average molecular weight is 225 g/mol. The van der Waals surface area contributed by atoms with Crippen LogP contribution in [0.2, 0.25) is 0 Å². The Kier molecular flexibility index (Phi) is 3.78. The number of piperidine rings is 1. The lowest BCUT2D eigenvalue weighted by molar-refractivity contribution is 0.107. The molecule has 1 atom stereocenters. The van der Waals surface area contributed by atoms with Gasteiger partial charge in [0.25, 0.3) is 0 Å². The van der Waals surface area contributed by atoms with Crippen molar-refractivity contribution >= 4 is 11.3 Å². The van der Waals surface area contributed by atoms with E-state index in [0.29, 0.717) is 18.6 Å². The lowest BCUT2D eigenvalue weighted by Crippen LogP contribution is -2.36. The molecular weight excluding hydrogens is 206 g/mol. The van der Waals surface area contributed by atoms with Crippen molar-refractivity contribution < 1.29 is 5.11 Å². The average Bonchev–Trinajstić information content (AvgIpc) is 2.82. The second-order valence-electron chi connectivity index (χ2n) is 4.35. The molecule has 0 saturated carbocycles. The third kappa shape index (κ3) is 2.60. The van der Waals surface area contributed by atoms with Crippen LogP contribution in [0.15, 0.2) is 17.5 Å². The second kappa shape index (κ2) is 5.10. The minimum Gasteiger partial charge on any atom is -0.396 e. The van der Waals surface area contributed by atoms with E-state index in [9.17, 15) is 0 Å². The first-order valence-electron chi connectivity index (χ1n) is 5.69. The molecule has 1 N–H and O–H groups in total. The SMILES string of the molecule is CC(c1cccs1)N1CCC(CO)CC1. The Morgan fingerprint density at radius 1 is 1.53 bits per heavy atom. The lowest BCUT2D eigenvalue weighted by atomic mass is 9.97. The monoisotopic (exact) mass is 225 g/mol. The topological polar surface area (TPSA) is 23.5 Å². The highest BCUT2D eigenvalue weighted by Gasteiger charge is 2.23. The molecule has 15 heavy (non-hydrogen) atoms. The van der Waals surface area contributed by atoms with Gasteiger partial charge in [-0.3, -0.25) is 4.90 Å². The zero-order valence-electron chi connectivity index (χ0n) is 9.22. The number of nitrogens with zero attached hydrogens (tertiary/aromatic N) is 1. The quantitative estimate of drug-likeness (QED) is 0.854. The molecule has 2 rings (SSSR count). The van der Waals surface area contributed by atoms with Crippen LogP contribution < -0.4 is 0 Å². The van der Waals surface area contributed by atoms with Crippen LogP contribution in [-0.2, 0) is 0 Å². The van der Waals surface area contributed by atoms with E-state index in [1.54, 1.807) is 0 Å². The summed E-state index contributed by atoms with van der Waals surface area (Å²) >= 11 is 1.84. The highest BCUT2D eigenvalue weighted by molar-refractivity contribution is 7.10. The molecule has 2 nitrogen and oxygen atoms in total. The molecule has 1 aromatic heterocycles. The lowest BCUT2D eigenvalue weighted by Gasteiger charge is -2.35. The summed E-state index contributed by atoms with van der Waals surface area (Å²) in [6, 6.07) is 4.88. The van der Waals surface area contributed by atoms with E-state index in [4.69, 9.17) is 5.11 Å². The van der Waals surface area contributed by atoms with Gasteiger partial charge in [0, 0.05) is 17.5 Å². The molecule has 1 saturated heterocycles. The van der Waals surface area contributed by atoms with Crippen LogP contribution >= 0.6 is 11.3 Å². The van der Waals surface area contributed by atoms with E-state index in [1.165, 1.54) is 4.88 Å². The molecule has 0 radical (unpaired) electrons. The van der Waals surface area contributed by atoms with E-state index < -0.39 is 0 Å². The van der Waals surface area contributed by atoms with Gasteiger partial charge in [-0.25, -0.2) is 0 Å². The van der Waals surface area contributed by atoms with Crippen molar-refractivity contribution in [2.45, 2.75) is 25.8 Å². The maximum atomic E-state index is 9.08. The summed E-state index contributed by atoms with van der Waals surface area (Å²) in [7, 11) is 0. The van der Waals surface area contributed by atoms with Crippen molar-refractivity contribution in [1.29, 1.82) is 0 Å². The Morgan fingerprint density at radius 3 is 2.80 bits per heavy atom. The standard InChI is InChI=1S/C12H19NOS/c1-10(12-3-2-8-15-12)13-6-4-11(9-14)5-7-13/h2-3,8,10-11,14H,4-7,9H2,1H3. The third-order valence-corrected chi connectivity index (χ3v) is 4.45. The van der Waals surface area contributed by atoms with Crippen LogP contribution in [0.3, 0.4) is 0 Å². The summed E-state index contributed by atoms with van der Waals surface area (Å²) in [5.74, 6) is 0.539. The molecule has 1 fully saturated rings. The number of aliphatic hydroxyl groups excluding tert-OH is 1. The fraction of sp³-hybridized carbons (Fsp3) is 0.667. The summed E-state index contributed by atoms with van der Waals surface area (Å²) < 4.78 is 0. The molecule has 1 aromatic rings. The molecule has 0 bridgehead atoms. The van der Waals surface area contributed by atoms with Crippen molar-refractivity contribution in [3.05, 3.63) is 22.4 Å². The van der Waals surface area contributed by atoms with E-state index in [1.807, 2.05) is 11.3 Å². The van der Waals surface area contributed by atoms with Gasteiger partial charge >= 0.3 is 0 Å². The van der Waals surface area contributed by atoms with Gasteiger partial charge in [-0.05, 0) is 50.2 Å². The maximum absolute atomic E-state index is 9.08. The summed E-state index contributed by atoms with van der Waals surface area (Å²) in [5, 5.41) is 11.2. The maximum Gasteiger partial charge on any atom is 0.0460 e. The fourth-order valence-electron chi connectivity index (χ4n) is 2.23. The van der Waals surface area contributed by atoms with Crippen LogP contribution in [0.5, 0.6) is 0 Å². The molecule has 2 heterocycles. The Morgan fingerprint density at radius 2 is 2.27 bits per heavy atom. The van der Waals surface area contributed by atoms with Gasteiger partial charge in [-0.2, -0.15) is 0 Å². The summed E-state index contributed by atoms with van der Waals surface area (Å²) in [6.07, 6.45) is 2.29. The molecule has 0 aliphatic carbocycles. The predicted molar refractivity (Wildman–Crippen MR) is 64.1 cm³/mol. The summed E-state index contributed by atoms with van der Waals surface area (Å²) in [6.45, 7) is 4.90. The Bertz CT molecular complexity index is 278. The minimum atomic E-state index is 0.362. The molecule has 0 spiro atoms. The normalized spacial score (nSPS) is 21.7. The molecule has 1 unspecified atom stereocenters. The van der Waals surface area contributed by atoms with Crippen LogP contribution in [0.4, 0.5) is 0 Å². The van der Waals surface area contributed by atoms with E-state index in [-0.39, 0.29) is 0 Å². The van der Waals surface area contributed by atoms with Crippen LogP contribution in [-0.4, -0.2) is 29.7 Å². The molecule has 1 aliphatic heterocycles. The van der Waals surface area contributed by atoms with Gasteiger partial charge in [0.2, 0.25) is 0 Å². The molecule has 1 aliphatic rings. The van der Waals surface area contributed by atoms with Crippen molar-refractivity contribution in [1.82, 2.24) is 4.90 Å². The van der Waals surface area contributed by atoms with Gasteiger partial charge in [0.05, 0.1) is 0 Å². The minimum absolute atomic E-state index is 0.362. The molecule has 3 heteroatoms. The largest absolute Gasteiger partial charge is 0.396 e. The van der Waals surface area contributed by atoms with Crippen LogP contribution in [0.1, 0.15) is 30.7 Å². The highest BCUT2D eigenvalue weighted by Crippen LogP contribution is 2.28. The fourth-order valence-corrected chi connectivity index (χ4v) is 3.05. The summed E-state index contributed by atoms with van der Waals surface area (Å²) in [5.41, 5.74) is 0. The van der Waals surface area contributed by atoms with Crippen molar-refractivity contribution in [3.63, 3.8) is 0 Å². The molecule has 0 aromatic carbocycles. The third-order valence-electron chi connectivity index (χ3n) is 3.41. The Balaban J connectivity index is 1.90. The van der Waals surface area contributed by atoms with E-state index in [0.717, 1.165) is 25.9 Å². The van der Waals surface area contributed by atoms with Gasteiger partial charge in [-0.15, -0.1) is 11.3 Å². The van der Waals surface area contributed by atoms with Crippen molar-refractivity contribution in [2.24, 2.45) is 5.92 Å². The molecular formula is C12H19NOS. The number of likely N-dealkylation sites (tertiary alicyclic amines) is 1. The van der Waals surface area contributed by atoms with Crippen LogP contribution in [0, 0.1) is 5.92 Å². The smallest absolute Gasteiger partial charge is 0.0460 e. The molecule has 0 amide bonds. The van der Waals surface area contributed by atoms with Crippen molar-refractivity contribution in [3.8, 4) is 0 Å². The number of rotatable bonds is 3. The van der Waals surface area contributed by atoms with E-state index in [2.05, 4.69) is 29.3 Å². The van der Waals surface area contributed by atoms with Gasteiger partial charge < -0.3 is 5.11 Å². The van der Waals surface area contributed by atoms with Crippen molar-refractivity contribution in [2.75, 3.05) is 19.7 Å². The van der Waals surface area contributed by atoms with Gasteiger partial charge in [-0.1, -0.05) is 6.07 Å². The van der Waals surface area contributed by atoms with Crippen LogP contribution in [0.25, 0.3) is 0 Å². The number of thiophene rings is 1. The Hall–Kier alpha value is -0.380. The number of hydrogen-bond acceptors (Lipinski definition) is 3. The van der Waals surface area contributed by atoms with Gasteiger partial charge in [0.1, 0.15) is 0 Å². The van der Waals surface area contributed by atoms with E-state index >= 15 is 0 Å². The zero-order chi connectivity index (χ0) is 10.7.